The van der Waals surface area contributed by atoms with Crippen LogP contribution in [0.15, 0.2) is 30.3 Å². The van der Waals surface area contributed by atoms with Gasteiger partial charge in [-0.1, -0.05) is 43.2 Å². The van der Waals surface area contributed by atoms with Crippen molar-refractivity contribution in [1.29, 1.82) is 0 Å². The highest BCUT2D eigenvalue weighted by molar-refractivity contribution is 5.85. The van der Waals surface area contributed by atoms with Crippen molar-refractivity contribution in [3.8, 4) is 0 Å². The summed E-state index contributed by atoms with van der Waals surface area (Å²) < 4.78 is 5.70. The molecule has 0 N–H and O–H groups in total. The maximum Gasteiger partial charge on any atom is 0.317 e. The van der Waals surface area contributed by atoms with Crippen molar-refractivity contribution in [2.24, 2.45) is 0 Å². The fourth-order valence-corrected chi connectivity index (χ4v) is 3.53. The molecule has 1 aromatic rings. The molecule has 1 aliphatic carbocycles. The number of hydrogen-bond acceptors (Lipinski definition) is 3. The molecular weight excluding hydrogens is 298 g/mol. The van der Waals surface area contributed by atoms with Crippen LogP contribution in [-0.2, 0) is 14.9 Å². The van der Waals surface area contributed by atoms with Crippen LogP contribution in [0.3, 0.4) is 0 Å². The molecule has 4 heteroatoms. The van der Waals surface area contributed by atoms with Gasteiger partial charge in [0.2, 0.25) is 0 Å². The number of esters is 1. The van der Waals surface area contributed by atoms with Gasteiger partial charge in [0, 0.05) is 12.6 Å². The third kappa shape index (κ3) is 3.31. The first-order chi connectivity index (χ1) is 10.2. The lowest BCUT2D eigenvalue weighted by molar-refractivity contribution is -0.161. The Morgan fingerprint density at radius 1 is 1.23 bits per heavy atom. The Kier molecular flexibility index (Phi) is 5.87. The zero-order valence-corrected chi connectivity index (χ0v) is 14.1. The molecule has 1 saturated carbocycles. The monoisotopic (exact) mass is 323 g/mol. The van der Waals surface area contributed by atoms with Gasteiger partial charge in [0.15, 0.2) is 0 Å². The number of nitrogens with zero attached hydrogens (tertiary/aromatic N) is 1. The van der Waals surface area contributed by atoms with Gasteiger partial charge >= 0.3 is 5.97 Å². The van der Waals surface area contributed by atoms with Gasteiger partial charge < -0.3 is 4.74 Å². The second-order valence-corrected chi connectivity index (χ2v) is 6.52. The predicted molar refractivity (Wildman–Crippen MR) is 90.2 cm³/mol. The normalized spacial score (nSPS) is 24.0. The van der Waals surface area contributed by atoms with Gasteiger partial charge in [-0.05, 0) is 38.2 Å². The summed E-state index contributed by atoms with van der Waals surface area (Å²) >= 11 is 0. The van der Waals surface area contributed by atoms with E-state index >= 15 is 0 Å². The van der Waals surface area contributed by atoms with Crippen molar-refractivity contribution in [2.75, 3.05) is 13.3 Å². The summed E-state index contributed by atoms with van der Waals surface area (Å²) in [4.78, 5) is 14.9. The molecule has 1 heterocycles. The molecule has 1 aromatic carbocycles. The molecule has 1 atom stereocenters. The Morgan fingerprint density at radius 2 is 1.95 bits per heavy atom. The van der Waals surface area contributed by atoms with Gasteiger partial charge in [0.1, 0.15) is 6.73 Å². The average Bonchev–Trinajstić information content (AvgIpc) is 2.46. The predicted octanol–water partition coefficient (Wildman–Crippen LogP) is 3.91. The van der Waals surface area contributed by atoms with Gasteiger partial charge in [-0.2, -0.15) is 0 Å². The molecule has 0 aromatic heterocycles. The second-order valence-electron chi connectivity index (χ2n) is 6.52. The molecule has 1 unspecified atom stereocenters. The number of rotatable bonds is 4. The highest BCUT2D eigenvalue weighted by atomic mass is 35.5. The molecule has 1 aliphatic heterocycles. The van der Waals surface area contributed by atoms with Gasteiger partial charge in [-0.3, -0.25) is 9.69 Å². The van der Waals surface area contributed by atoms with Crippen LogP contribution in [0.5, 0.6) is 0 Å². The van der Waals surface area contributed by atoms with Gasteiger partial charge in [0.25, 0.3) is 0 Å². The summed E-state index contributed by atoms with van der Waals surface area (Å²) in [5.41, 5.74) is 0.744. The number of carbonyl (C=O) groups excluding carboxylic acids is 1. The fraction of sp³-hybridized carbons (Fsp3) is 0.611. The molecule has 3 rings (SSSR count). The average molecular weight is 324 g/mol. The highest BCUT2D eigenvalue weighted by Gasteiger charge is 2.47. The number of piperidine rings is 1. The minimum absolute atomic E-state index is 0. The van der Waals surface area contributed by atoms with E-state index < -0.39 is 0 Å². The number of hydrogen-bond donors (Lipinski definition) is 0. The Labute approximate surface area is 139 Å². The summed E-state index contributed by atoms with van der Waals surface area (Å²) in [7, 11) is 0. The molecule has 2 aliphatic rings. The van der Waals surface area contributed by atoms with E-state index in [0.717, 1.165) is 31.4 Å². The van der Waals surface area contributed by atoms with Crippen molar-refractivity contribution in [3.05, 3.63) is 35.9 Å². The van der Waals surface area contributed by atoms with E-state index in [0.29, 0.717) is 12.8 Å². The van der Waals surface area contributed by atoms with Crippen LogP contribution in [-0.4, -0.2) is 30.2 Å². The van der Waals surface area contributed by atoms with Crippen LogP contribution in [0.4, 0.5) is 0 Å². The summed E-state index contributed by atoms with van der Waals surface area (Å²) in [6, 6.07) is 10.7. The molecule has 0 spiro atoms. The third-order valence-corrected chi connectivity index (χ3v) is 5.23. The SMILES string of the molecule is CC1CCCCN1COC(=O)C1(c2ccccc2)CCC1.Cl. The van der Waals surface area contributed by atoms with Crippen molar-refractivity contribution in [1.82, 2.24) is 4.90 Å². The summed E-state index contributed by atoms with van der Waals surface area (Å²) in [5, 5.41) is 0. The van der Waals surface area contributed by atoms with Crippen LogP contribution < -0.4 is 0 Å². The molecule has 122 valence electrons. The minimum Gasteiger partial charge on any atom is -0.449 e. The van der Waals surface area contributed by atoms with Crippen LogP contribution in [0.25, 0.3) is 0 Å². The maximum absolute atomic E-state index is 12.6. The first-order valence-electron chi connectivity index (χ1n) is 8.19. The van der Waals surface area contributed by atoms with E-state index in [2.05, 4.69) is 24.0 Å². The largest absolute Gasteiger partial charge is 0.449 e. The first-order valence-corrected chi connectivity index (χ1v) is 8.19. The van der Waals surface area contributed by atoms with Crippen molar-refractivity contribution >= 4 is 18.4 Å². The number of carbonyl (C=O) groups is 1. The lowest BCUT2D eigenvalue weighted by Crippen LogP contribution is -2.46. The second kappa shape index (κ2) is 7.47. The van der Waals surface area contributed by atoms with Gasteiger partial charge in [0.05, 0.1) is 5.41 Å². The summed E-state index contributed by atoms with van der Waals surface area (Å²) in [6.07, 6.45) is 6.67. The molecule has 2 fully saturated rings. The Bertz CT molecular complexity index is 487. The zero-order chi connectivity index (χ0) is 14.7. The molecule has 0 amide bonds. The quantitative estimate of drug-likeness (QED) is 0.787. The highest BCUT2D eigenvalue weighted by Crippen LogP contribution is 2.44. The van der Waals surface area contributed by atoms with Gasteiger partial charge in [-0.25, -0.2) is 0 Å². The fourth-order valence-electron chi connectivity index (χ4n) is 3.53. The molecule has 3 nitrogen and oxygen atoms in total. The number of ether oxygens (including phenoxy) is 1. The maximum atomic E-state index is 12.6. The van der Waals surface area contributed by atoms with E-state index in [-0.39, 0.29) is 23.8 Å². The van der Waals surface area contributed by atoms with Crippen LogP contribution in [0.2, 0.25) is 0 Å². The third-order valence-electron chi connectivity index (χ3n) is 5.23. The molecular formula is C18H26ClNO2. The van der Waals surface area contributed by atoms with Crippen LogP contribution >= 0.6 is 12.4 Å². The Balaban J connectivity index is 0.00000176. The van der Waals surface area contributed by atoms with E-state index in [4.69, 9.17) is 4.74 Å². The Morgan fingerprint density at radius 3 is 2.55 bits per heavy atom. The van der Waals surface area contributed by atoms with E-state index in [1.165, 1.54) is 19.3 Å². The minimum atomic E-state index is -0.375. The van der Waals surface area contributed by atoms with Crippen molar-refractivity contribution in [2.45, 2.75) is 56.9 Å². The van der Waals surface area contributed by atoms with Crippen LogP contribution in [0, 0.1) is 0 Å². The molecule has 22 heavy (non-hydrogen) atoms. The smallest absolute Gasteiger partial charge is 0.317 e. The molecule has 0 radical (unpaired) electrons. The number of likely N-dealkylation sites (tertiary alicyclic amines) is 1. The summed E-state index contributed by atoms with van der Waals surface area (Å²) in [6.45, 7) is 3.73. The Hall–Kier alpha value is -1.06. The van der Waals surface area contributed by atoms with E-state index in [9.17, 15) is 4.79 Å². The molecule has 0 bridgehead atoms. The number of benzene rings is 1. The van der Waals surface area contributed by atoms with E-state index in [1.54, 1.807) is 0 Å². The van der Waals surface area contributed by atoms with Crippen LogP contribution in [0.1, 0.15) is 51.0 Å². The topological polar surface area (TPSA) is 29.5 Å². The standard InChI is InChI=1S/C18H25NO2.ClH/c1-15-8-5-6-13-19(15)14-21-17(20)18(11-7-12-18)16-9-3-2-4-10-16;/h2-4,9-10,15H,5-8,11-14H2,1H3;1H. The first kappa shape index (κ1) is 17.3. The summed E-state index contributed by atoms with van der Waals surface area (Å²) in [5.74, 6) is -0.0299. The zero-order valence-electron chi connectivity index (χ0n) is 13.3. The molecule has 1 saturated heterocycles. The number of halogens is 1. The lowest BCUT2D eigenvalue weighted by atomic mass is 9.64. The van der Waals surface area contributed by atoms with Crippen molar-refractivity contribution in [3.63, 3.8) is 0 Å². The lowest BCUT2D eigenvalue weighted by Gasteiger charge is -2.41. The van der Waals surface area contributed by atoms with E-state index in [1.807, 2.05) is 18.2 Å². The van der Waals surface area contributed by atoms with Crippen molar-refractivity contribution < 1.29 is 9.53 Å². The van der Waals surface area contributed by atoms with Gasteiger partial charge in [-0.15, -0.1) is 12.4 Å².